The summed E-state index contributed by atoms with van der Waals surface area (Å²) in [5, 5.41) is 12.5. The minimum absolute atomic E-state index is 0.0671. The number of halogens is 1. The van der Waals surface area contributed by atoms with Crippen LogP contribution in [0.15, 0.2) is 60.8 Å². The Morgan fingerprint density at radius 2 is 1.92 bits per heavy atom. The van der Waals surface area contributed by atoms with Gasteiger partial charge >= 0.3 is 0 Å². The van der Waals surface area contributed by atoms with E-state index in [0.29, 0.717) is 28.5 Å². The minimum atomic E-state index is -1.15. The van der Waals surface area contributed by atoms with Crippen molar-refractivity contribution in [2.75, 3.05) is 18.6 Å². The second-order valence-electron chi connectivity index (χ2n) is 8.66. The number of hydrogen-bond donors (Lipinski definition) is 2. The van der Waals surface area contributed by atoms with E-state index in [-0.39, 0.29) is 24.0 Å². The van der Waals surface area contributed by atoms with E-state index in [4.69, 9.17) is 9.47 Å². The molecule has 0 unspecified atom stereocenters. The molecule has 0 fully saturated rings. The number of anilines is 1. The Morgan fingerprint density at radius 3 is 2.58 bits per heavy atom. The molecule has 1 aliphatic rings. The lowest BCUT2D eigenvalue weighted by molar-refractivity contribution is -0.120. The monoisotopic (exact) mass is 489 g/mol. The first-order valence-electron chi connectivity index (χ1n) is 11.1. The summed E-state index contributed by atoms with van der Waals surface area (Å²) < 4.78 is 24.4. The normalized spacial score (nSPS) is 15.1. The molecule has 4 rings (SSSR count). The lowest BCUT2D eigenvalue weighted by Crippen LogP contribution is -2.49. The topological polar surface area (TPSA) is 101 Å². The number of ether oxygens (including phenoxy) is 2. The summed E-state index contributed by atoms with van der Waals surface area (Å²) >= 11 is 0. The van der Waals surface area contributed by atoms with Crippen LogP contribution in [0.4, 0.5) is 10.1 Å². The first-order chi connectivity index (χ1) is 17.1. The maximum absolute atomic E-state index is 13.1. The molecule has 1 aromatic heterocycles. The molecule has 36 heavy (non-hydrogen) atoms. The average molecular weight is 490 g/mol. The number of rotatable bonds is 4. The van der Waals surface area contributed by atoms with Gasteiger partial charge in [-0.3, -0.25) is 9.59 Å². The standard InChI is InChI=1S/C27H24FN3O5/c1-27(2,34)13-12-17-4-11-24-23(14-17)31(3)26(33)22(16-35-24)30-25(32)21-10-9-20(15-29-21)36-19-7-5-18(28)6-8-19/h4-11,14-15,22,34H,16H2,1-3H3,(H,30,32)/t22-/m0/s1. The molecule has 2 aromatic carbocycles. The summed E-state index contributed by atoms with van der Waals surface area (Å²) in [4.78, 5) is 31.3. The van der Waals surface area contributed by atoms with Crippen molar-refractivity contribution in [2.24, 2.45) is 0 Å². The fraction of sp³-hybridized carbons (Fsp3) is 0.222. The number of pyridine rings is 1. The second-order valence-corrected chi connectivity index (χ2v) is 8.66. The van der Waals surface area contributed by atoms with Crippen LogP contribution in [0.5, 0.6) is 17.2 Å². The summed E-state index contributed by atoms with van der Waals surface area (Å²) in [7, 11) is 1.59. The molecule has 1 atom stereocenters. The van der Waals surface area contributed by atoms with Gasteiger partial charge in [-0.05, 0) is 68.4 Å². The zero-order valence-electron chi connectivity index (χ0n) is 19.9. The highest BCUT2D eigenvalue weighted by Crippen LogP contribution is 2.31. The average Bonchev–Trinajstić information content (AvgIpc) is 2.96. The van der Waals surface area contributed by atoms with Gasteiger partial charge in [-0.1, -0.05) is 11.8 Å². The quantitative estimate of drug-likeness (QED) is 0.546. The van der Waals surface area contributed by atoms with Crippen LogP contribution >= 0.6 is 0 Å². The number of benzene rings is 2. The van der Waals surface area contributed by atoms with Crippen molar-refractivity contribution in [1.82, 2.24) is 10.3 Å². The van der Waals surface area contributed by atoms with E-state index in [1.807, 2.05) is 0 Å². The predicted octanol–water partition coefficient (Wildman–Crippen LogP) is 3.29. The van der Waals surface area contributed by atoms with Crippen LogP contribution in [0.1, 0.15) is 29.9 Å². The van der Waals surface area contributed by atoms with E-state index in [1.54, 1.807) is 45.2 Å². The molecule has 0 aliphatic carbocycles. The molecule has 9 heteroatoms. The molecule has 0 radical (unpaired) electrons. The highest BCUT2D eigenvalue weighted by Gasteiger charge is 2.31. The summed E-state index contributed by atoms with van der Waals surface area (Å²) in [6.07, 6.45) is 1.36. The molecule has 8 nitrogen and oxygen atoms in total. The van der Waals surface area contributed by atoms with Gasteiger partial charge in [-0.25, -0.2) is 9.37 Å². The third kappa shape index (κ3) is 5.98. The smallest absolute Gasteiger partial charge is 0.270 e. The molecule has 0 bridgehead atoms. The Hall–Kier alpha value is -4.42. The minimum Gasteiger partial charge on any atom is -0.489 e. The number of nitrogens with zero attached hydrogens (tertiary/aromatic N) is 2. The number of aromatic nitrogens is 1. The van der Waals surface area contributed by atoms with Gasteiger partial charge in [0, 0.05) is 12.6 Å². The van der Waals surface area contributed by atoms with Crippen LogP contribution in [-0.4, -0.2) is 47.2 Å². The lowest BCUT2D eigenvalue weighted by atomic mass is 10.1. The largest absolute Gasteiger partial charge is 0.489 e. The molecule has 1 aliphatic heterocycles. The van der Waals surface area contributed by atoms with Gasteiger partial charge in [0.05, 0.1) is 11.9 Å². The maximum Gasteiger partial charge on any atom is 0.270 e. The van der Waals surface area contributed by atoms with Crippen molar-refractivity contribution in [2.45, 2.75) is 25.5 Å². The Morgan fingerprint density at radius 1 is 1.19 bits per heavy atom. The van der Waals surface area contributed by atoms with Gasteiger partial charge in [0.1, 0.15) is 47.0 Å². The van der Waals surface area contributed by atoms with E-state index < -0.39 is 17.6 Å². The lowest BCUT2D eigenvalue weighted by Gasteiger charge is -2.20. The summed E-state index contributed by atoms with van der Waals surface area (Å²) in [6, 6.07) is 12.7. The van der Waals surface area contributed by atoms with Gasteiger partial charge in [0.15, 0.2) is 0 Å². The van der Waals surface area contributed by atoms with Crippen LogP contribution in [0.2, 0.25) is 0 Å². The molecule has 2 heterocycles. The van der Waals surface area contributed by atoms with Gasteiger partial charge in [0.25, 0.3) is 11.8 Å². The highest BCUT2D eigenvalue weighted by atomic mass is 19.1. The maximum atomic E-state index is 13.1. The number of fused-ring (bicyclic) bond motifs is 1. The first kappa shape index (κ1) is 24.7. The number of hydrogen-bond acceptors (Lipinski definition) is 6. The number of carbonyl (C=O) groups excluding carboxylic acids is 2. The van der Waals surface area contributed by atoms with Crippen LogP contribution in [0, 0.1) is 17.7 Å². The van der Waals surface area contributed by atoms with E-state index in [2.05, 4.69) is 22.1 Å². The Balaban J connectivity index is 1.44. The molecule has 0 saturated carbocycles. The molecule has 184 valence electrons. The van der Waals surface area contributed by atoms with Crippen LogP contribution in [0.3, 0.4) is 0 Å². The number of likely N-dealkylation sites (N-methyl/N-ethyl adjacent to an activating group) is 1. The van der Waals surface area contributed by atoms with E-state index in [9.17, 15) is 19.1 Å². The predicted molar refractivity (Wildman–Crippen MR) is 130 cm³/mol. The SMILES string of the molecule is CN1C(=O)[C@@H](NC(=O)c2ccc(Oc3ccc(F)cc3)cn2)COc2ccc(C#CC(C)(C)O)cc21. The fourth-order valence-electron chi connectivity index (χ4n) is 3.35. The number of aliphatic hydroxyl groups is 1. The number of nitrogens with one attached hydrogen (secondary N) is 1. The Bertz CT molecular complexity index is 1340. The van der Waals surface area contributed by atoms with Crippen LogP contribution in [0.25, 0.3) is 0 Å². The molecule has 3 aromatic rings. The third-order valence-corrected chi connectivity index (χ3v) is 5.19. The zero-order chi connectivity index (χ0) is 25.9. The molecular weight excluding hydrogens is 465 g/mol. The van der Waals surface area contributed by atoms with Crippen LogP contribution in [-0.2, 0) is 4.79 Å². The van der Waals surface area contributed by atoms with Crippen molar-refractivity contribution in [3.05, 3.63) is 77.9 Å². The molecule has 0 saturated heterocycles. The van der Waals surface area contributed by atoms with Gasteiger partial charge in [-0.15, -0.1) is 0 Å². The van der Waals surface area contributed by atoms with E-state index >= 15 is 0 Å². The highest BCUT2D eigenvalue weighted by molar-refractivity contribution is 6.02. The van der Waals surface area contributed by atoms with Gasteiger partial charge in [0.2, 0.25) is 0 Å². The van der Waals surface area contributed by atoms with Crippen molar-refractivity contribution >= 4 is 17.5 Å². The summed E-state index contributed by atoms with van der Waals surface area (Å²) in [6.45, 7) is 3.09. The zero-order valence-corrected chi connectivity index (χ0v) is 19.9. The number of carbonyl (C=O) groups is 2. The Kier molecular flexibility index (Phi) is 6.90. The van der Waals surface area contributed by atoms with Crippen molar-refractivity contribution < 1.29 is 28.6 Å². The van der Waals surface area contributed by atoms with Crippen LogP contribution < -0.4 is 19.7 Å². The van der Waals surface area contributed by atoms with Crippen molar-refractivity contribution in [3.8, 4) is 29.1 Å². The van der Waals surface area contributed by atoms with E-state index in [0.717, 1.165) is 0 Å². The van der Waals surface area contributed by atoms with E-state index in [1.165, 1.54) is 41.4 Å². The molecule has 0 spiro atoms. The summed E-state index contributed by atoms with van der Waals surface area (Å²) in [5.74, 6) is 5.57. The molecular formula is C27H24FN3O5. The van der Waals surface area contributed by atoms with Crippen molar-refractivity contribution in [3.63, 3.8) is 0 Å². The summed E-state index contributed by atoms with van der Waals surface area (Å²) in [5.41, 5.74) is 0.0380. The van der Waals surface area contributed by atoms with Gasteiger partial charge in [-0.2, -0.15) is 0 Å². The fourth-order valence-corrected chi connectivity index (χ4v) is 3.35. The Labute approximate surface area is 207 Å². The second kappa shape index (κ2) is 10.1. The first-order valence-corrected chi connectivity index (χ1v) is 11.1. The molecule has 2 amide bonds. The third-order valence-electron chi connectivity index (χ3n) is 5.19. The van der Waals surface area contributed by atoms with Gasteiger partial charge < -0.3 is 24.8 Å². The van der Waals surface area contributed by atoms with Crippen molar-refractivity contribution in [1.29, 1.82) is 0 Å². The molecule has 2 N–H and O–H groups in total. The number of amides is 2.